The first-order valence-corrected chi connectivity index (χ1v) is 9.84. The van der Waals surface area contributed by atoms with Gasteiger partial charge >= 0.3 is 0 Å². The molecule has 0 aromatic heterocycles. The van der Waals surface area contributed by atoms with E-state index < -0.39 is 11.8 Å². The molecule has 1 N–H and O–H groups in total. The molecule has 31 heavy (non-hydrogen) atoms. The quantitative estimate of drug-likeness (QED) is 0.490. The molecule has 156 valence electrons. The summed E-state index contributed by atoms with van der Waals surface area (Å²) in [5, 5.41) is 9.99. The summed E-state index contributed by atoms with van der Waals surface area (Å²) in [7, 11) is 1.49. The van der Waals surface area contributed by atoms with Crippen LogP contribution < -0.4 is 14.4 Å². The first-order valence-electron chi connectivity index (χ1n) is 9.84. The zero-order chi connectivity index (χ0) is 22.0. The van der Waals surface area contributed by atoms with Crippen LogP contribution in [0, 0.1) is 0 Å². The smallest absolute Gasteiger partial charge is 0.266 e. The predicted octanol–water partition coefficient (Wildman–Crippen LogP) is 4.53. The second-order valence-corrected chi connectivity index (χ2v) is 6.88. The average Bonchev–Trinajstić information content (AvgIpc) is 2.79. The van der Waals surface area contributed by atoms with Gasteiger partial charge in [-0.3, -0.25) is 9.59 Å². The Kier molecular flexibility index (Phi) is 5.45. The Labute approximate surface area is 180 Å². The van der Waals surface area contributed by atoms with E-state index in [1.165, 1.54) is 13.2 Å². The lowest BCUT2D eigenvalue weighted by molar-refractivity contribution is -0.112. The SMILES string of the molecule is CCOc1cc(C=C2C(=O)N(c3ccccc3OC)C(=O)c3ccccc32)ccc1O. The molecule has 6 nitrogen and oxygen atoms in total. The second kappa shape index (κ2) is 8.36. The maximum atomic E-state index is 13.5. The number of ether oxygens (including phenoxy) is 2. The van der Waals surface area contributed by atoms with E-state index in [1.807, 2.05) is 6.92 Å². The molecule has 1 heterocycles. The number of phenols is 1. The second-order valence-electron chi connectivity index (χ2n) is 6.88. The number of hydrogen-bond acceptors (Lipinski definition) is 5. The zero-order valence-electron chi connectivity index (χ0n) is 17.2. The van der Waals surface area contributed by atoms with E-state index in [1.54, 1.807) is 66.7 Å². The van der Waals surface area contributed by atoms with Crippen LogP contribution >= 0.6 is 0 Å². The Morgan fingerprint density at radius 3 is 2.35 bits per heavy atom. The van der Waals surface area contributed by atoms with E-state index in [-0.39, 0.29) is 5.75 Å². The number of nitrogens with zero attached hydrogens (tertiary/aromatic N) is 1. The summed E-state index contributed by atoms with van der Waals surface area (Å²) in [6.45, 7) is 2.22. The van der Waals surface area contributed by atoms with Crippen molar-refractivity contribution < 1.29 is 24.2 Å². The highest BCUT2D eigenvalue weighted by atomic mass is 16.5. The molecular formula is C25H21NO5. The molecule has 3 aromatic rings. The number of phenolic OH excluding ortho intramolecular Hbond substituents is 1. The number of hydrogen-bond donors (Lipinski definition) is 1. The van der Waals surface area contributed by atoms with Crippen LogP contribution in [-0.4, -0.2) is 30.6 Å². The van der Waals surface area contributed by atoms with Crippen LogP contribution in [0.4, 0.5) is 5.69 Å². The molecule has 0 spiro atoms. The lowest BCUT2D eigenvalue weighted by Crippen LogP contribution is -2.42. The van der Waals surface area contributed by atoms with Gasteiger partial charge in [-0.05, 0) is 54.5 Å². The van der Waals surface area contributed by atoms with Crippen molar-refractivity contribution in [3.05, 3.63) is 83.4 Å². The summed E-state index contributed by atoms with van der Waals surface area (Å²) in [6, 6.07) is 18.8. The molecule has 1 aliphatic rings. The molecule has 0 fully saturated rings. The van der Waals surface area contributed by atoms with Gasteiger partial charge < -0.3 is 14.6 Å². The third-order valence-electron chi connectivity index (χ3n) is 5.01. The largest absolute Gasteiger partial charge is 0.504 e. The Bertz CT molecular complexity index is 1200. The third kappa shape index (κ3) is 3.64. The highest BCUT2D eigenvalue weighted by Gasteiger charge is 2.37. The number of carbonyl (C=O) groups excluding carboxylic acids is 2. The fourth-order valence-corrected chi connectivity index (χ4v) is 3.58. The van der Waals surface area contributed by atoms with Gasteiger partial charge in [0.1, 0.15) is 5.75 Å². The van der Waals surface area contributed by atoms with Gasteiger partial charge in [0.15, 0.2) is 11.5 Å². The predicted molar refractivity (Wildman–Crippen MR) is 118 cm³/mol. The topological polar surface area (TPSA) is 76.1 Å². The molecule has 0 saturated heterocycles. The Balaban J connectivity index is 1.89. The summed E-state index contributed by atoms with van der Waals surface area (Å²) < 4.78 is 10.8. The number of para-hydroxylation sites is 2. The summed E-state index contributed by atoms with van der Waals surface area (Å²) in [6.07, 6.45) is 1.69. The number of aromatic hydroxyl groups is 1. The number of amides is 2. The fraction of sp³-hybridized carbons (Fsp3) is 0.120. The van der Waals surface area contributed by atoms with Crippen molar-refractivity contribution in [1.82, 2.24) is 0 Å². The highest BCUT2D eigenvalue weighted by molar-refractivity contribution is 6.43. The number of anilines is 1. The minimum absolute atomic E-state index is 0.0187. The standard InChI is InChI=1S/C25H21NO5/c1-3-31-23-15-16(12-13-21(23)27)14-19-17-8-4-5-9-18(17)24(28)26(25(19)29)20-10-6-7-11-22(20)30-2/h4-15,27H,3H2,1-2H3. The molecular weight excluding hydrogens is 394 g/mol. The van der Waals surface area contributed by atoms with Crippen molar-refractivity contribution in [2.75, 3.05) is 18.6 Å². The number of imide groups is 1. The molecule has 4 rings (SSSR count). The molecule has 0 saturated carbocycles. The van der Waals surface area contributed by atoms with Gasteiger partial charge in [0, 0.05) is 11.1 Å². The van der Waals surface area contributed by atoms with Crippen LogP contribution in [0.2, 0.25) is 0 Å². The molecule has 0 atom stereocenters. The van der Waals surface area contributed by atoms with Crippen molar-refractivity contribution in [2.45, 2.75) is 6.92 Å². The molecule has 0 unspecified atom stereocenters. The number of fused-ring (bicyclic) bond motifs is 1. The average molecular weight is 415 g/mol. The lowest BCUT2D eigenvalue weighted by Gasteiger charge is -2.29. The minimum Gasteiger partial charge on any atom is -0.504 e. The van der Waals surface area contributed by atoms with Crippen LogP contribution in [0.3, 0.4) is 0 Å². The summed E-state index contributed by atoms with van der Waals surface area (Å²) >= 11 is 0. The van der Waals surface area contributed by atoms with Crippen molar-refractivity contribution in [2.24, 2.45) is 0 Å². The van der Waals surface area contributed by atoms with Gasteiger partial charge in [-0.15, -0.1) is 0 Å². The van der Waals surface area contributed by atoms with Gasteiger partial charge in [-0.1, -0.05) is 36.4 Å². The molecule has 3 aromatic carbocycles. The maximum absolute atomic E-state index is 13.5. The monoisotopic (exact) mass is 415 g/mol. The van der Waals surface area contributed by atoms with E-state index >= 15 is 0 Å². The van der Waals surface area contributed by atoms with E-state index in [0.29, 0.717) is 46.1 Å². The van der Waals surface area contributed by atoms with Crippen LogP contribution in [0.15, 0.2) is 66.7 Å². The Hall–Kier alpha value is -4.06. The van der Waals surface area contributed by atoms with Crippen molar-refractivity contribution >= 4 is 29.2 Å². The lowest BCUT2D eigenvalue weighted by atomic mass is 9.91. The molecule has 0 radical (unpaired) electrons. The summed E-state index contributed by atoms with van der Waals surface area (Å²) in [4.78, 5) is 27.9. The zero-order valence-corrected chi connectivity index (χ0v) is 17.2. The van der Waals surface area contributed by atoms with E-state index in [4.69, 9.17) is 9.47 Å². The Morgan fingerprint density at radius 2 is 1.61 bits per heavy atom. The molecule has 6 heteroatoms. The number of carbonyl (C=O) groups is 2. The highest BCUT2D eigenvalue weighted by Crippen LogP contribution is 2.37. The van der Waals surface area contributed by atoms with E-state index in [2.05, 4.69) is 0 Å². The first kappa shape index (κ1) is 20.2. The van der Waals surface area contributed by atoms with Crippen LogP contribution in [0.1, 0.15) is 28.4 Å². The van der Waals surface area contributed by atoms with Crippen molar-refractivity contribution in [3.8, 4) is 17.2 Å². The van der Waals surface area contributed by atoms with Crippen molar-refractivity contribution in [1.29, 1.82) is 0 Å². The minimum atomic E-state index is -0.459. The third-order valence-corrected chi connectivity index (χ3v) is 5.01. The van der Waals surface area contributed by atoms with Gasteiger partial charge in [0.05, 0.1) is 19.4 Å². The summed E-state index contributed by atoms with van der Waals surface area (Å²) in [5.41, 5.74) is 2.36. The van der Waals surface area contributed by atoms with E-state index in [9.17, 15) is 14.7 Å². The normalized spacial score (nSPS) is 14.5. The Morgan fingerprint density at radius 1 is 0.903 bits per heavy atom. The van der Waals surface area contributed by atoms with Gasteiger partial charge in [-0.2, -0.15) is 0 Å². The first-order chi connectivity index (χ1) is 15.0. The van der Waals surface area contributed by atoms with Gasteiger partial charge in [0.25, 0.3) is 11.8 Å². The van der Waals surface area contributed by atoms with E-state index in [0.717, 1.165) is 4.90 Å². The van der Waals surface area contributed by atoms with Gasteiger partial charge in [0.2, 0.25) is 0 Å². The fourth-order valence-electron chi connectivity index (χ4n) is 3.58. The summed E-state index contributed by atoms with van der Waals surface area (Å²) in [5.74, 6) is -0.107. The molecule has 0 aliphatic carbocycles. The van der Waals surface area contributed by atoms with Crippen molar-refractivity contribution in [3.63, 3.8) is 0 Å². The van der Waals surface area contributed by atoms with Crippen LogP contribution in [0.5, 0.6) is 17.2 Å². The molecule has 0 bridgehead atoms. The molecule has 1 aliphatic heterocycles. The van der Waals surface area contributed by atoms with Gasteiger partial charge in [-0.25, -0.2) is 4.90 Å². The van der Waals surface area contributed by atoms with Crippen LogP contribution in [0.25, 0.3) is 11.6 Å². The molecule has 2 amide bonds. The number of rotatable bonds is 5. The van der Waals surface area contributed by atoms with Crippen LogP contribution in [-0.2, 0) is 4.79 Å². The maximum Gasteiger partial charge on any atom is 0.266 e. The number of benzene rings is 3. The number of methoxy groups -OCH3 is 1.